The van der Waals surface area contributed by atoms with Crippen LogP contribution in [-0.4, -0.2) is 10.9 Å². The van der Waals surface area contributed by atoms with E-state index in [0.29, 0.717) is 10.6 Å². The van der Waals surface area contributed by atoms with Gasteiger partial charge in [-0.3, -0.25) is 9.78 Å². The van der Waals surface area contributed by atoms with E-state index in [-0.39, 0.29) is 17.8 Å². The van der Waals surface area contributed by atoms with Crippen molar-refractivity contribution in [3.63, 3.8) is 0 Å². The Hall–Kier alpha value is -2.66. The van der Waals surface area contributed by atoms with Crippen molar-refractivity contribution in [3.8, 4) is 0 Å². The molecule has 3 nitrogen and oxygen atoms in total. The van der Waals surface area contributed by atoms with Crippen molar-refractivity contribution in [2.24, 2.45) is 0 Å². The molecule has 1 unspecified atom stereocenters. The van der Waals surface area contributed by atoms with Crippen molar-refractivity contribution in [1.82, 2.24) is 10.3 Å². The molecule has 1 atom stereocenters. The van der Waals surface area contributed by atoms with Gasteiger partial charge in [-0.05, 0) is 67.1 Å². The monoisotopic (exact) mass is 392 g/mol. The Bertz CT molecular complexity index is 1020. The van der Waals surface area contributed by atoms with Crippen LogP contribution in [0.2, 0.25) is 0 Å². The Kier molecular flexibility index (Phi) is 5.44. The number of rotatable bonds is 4. The van der Waals surface area contributed by atoms with E-state index in [1.807, 2.05) is 37.3 Å². The van der Waals surface area contributed by atoms with Crippen molar-refractivity contribution in [3.05, 3.63) is 89.0 Å². The first kappa shape index (κ1) is 18.7. The molecule has 3 aromatic rings. The Morgan fingerprint density at radius 2 is 1.93 bits per heavy atom. The highest BCUT2D eigenvalue weighted by molar-refractivity contribution is 7.99. The van der Waals surface area contributed by atoms with Crippen LogP contribution in [0.4, 0.5) is 4.39 Å². The maximum atomic E-state index is 14.2. The fourth-order valence-corrected chi connectivity index (χ4v) is 4.75. The van der Waals surface area contributed by atoms with Gasteiger partial charge in [0.15, 0.2) is 0 Å². The van der Waals surface area contributed by atoms with Gasteiger partial charge >= 0.3 is 0 Å². The van der Waals surface area contributed by atoms with Crippen molar-refractivity contribution < 1.29 is 9.18 Å². The van der Waals surface area contributed by atoms with Gasteiger partial charge in [0.1, 0.15) is 11.5 Å². The second-order valence-corrected chi connectivity index (χ2v) is 8.03. The third-order valence-corrected chi connectivity index (χ3v) is 6.16. The van der Waals surface area contributed by atoms with Crippen LogP contribution in [-0.2, 0) is 6.42 Å². The molecule has 1 aliphatic rings. The zero-order valence-corrected chi connectivity index (χ0v) is 16.4. The number of fused-ring (bicyclic) bond motifs is 1. The fourth-order valence-electron chi connectivity index (χ4n) is 3.67. The summed E-state index contributed by atoms with van der Waals surface area (Å²) in [7, 11) is 0. The first-order valence-electron chi connectivity index (χ1n) is 9.40. The first-order chi connectivity index (χ1) is 13.6. The summed E-state index contributed by atoms with van der Waals surface area (Å²) in [4.78, 5) is 18.6. The molecule has 0 bridgehead atoms. The topological polar surface area (TPSA) is 42.0 Å². The lowest BCUT2D eigenvalue weighted by Gasteiger charge is -2.28. The van der Waals surface area contributed by atoms with Gasteiger partial charge in [-0.1, -0.05) is 42.1 Å². The van der Waals surface area contributed by atoms with Gasteiger partial charge in [0.2, 0.25) is 0 Å². The maximum Gasteiger partial charge on any atom is 0.270 e. The minimum atomic E-state index is -0.231. The first-order valence-corrected chi connectivity index (χ1v) is 10.2. The molecule has 1 amide bonds. The van der Waals surface area contributed by atoms with E-state index in [4.69, 9.17) is 0 Å². The minimum Gasteiger partial charge on any atom is -0.344 e. The van der Waals surface area contributed by atoms with E-state index >= 15 is 0 Å². The SMILES string of the molecule is Cc1cccnc1C(=O)NC1CCCc2cccc(Sc3ccccc3F)c21. The molecule has 0 spiro atoms. The lowest BCUT2D eigenvalue weighted by molar-refractivity contribution is 0.0926. The summed E-state index contributed by atoms with van der Waals surface area (Å²) < 4.78 is 14.2. The molecule has 0 radical (unpaired) electrons. The molecule has 28 heavy (non-hydrogen) atoms. The fraction of sp³-hybridized carbons (Fsp3) is 0.217. The molecule has 1 heterocycles. The number of pyridine rings is 1. The number of nitrogens with one attached hydrogen (secondary N) is 1. The summed E-state index contributed by atoms with van der Waals surface area (Å²) in [6.07, 6.45) is 4.47. The van der Waals surface area contributed by atoms with E-state index in [2.05, 4.69) is 16.4 Å². The van der Waals surface area contributed by atoms with Crippen molar-refractivity contribution in [1.29, 1.82) is 0 Å². The van der Waals surface area contributed by atoms with Gasteiger partial charge < -0.3 is 5.32 Å². The second-order valence-electron chi connectivity index (χ2n) is 6.95. The van der Waals surface area contributed by atoms with E-state index < -0.39 is 0 Å². The van der Waals surface area contributed by atoms with Crippen molar-refractivity contribution >= 4 is 17.7 Å². The number of carbonyl (C=O) groups excluding carboxylic acids is 1. The van der Waals surface area contributed by atoms with E-state index in [9.17, 15) is 9.18 Å². The molecule has 0 aliphatic heterocycles. The highest BCUT2D eigenvalue weighted by Gasteiger charge is 2.26. The van der Waals surface area contributed by atoms with Gasteiger partial charge in [0.05, 0.1) is 6.04 Å². The lowest BCUT2D eigenvalue weighted by atomic mass is 9.87. The number of hydrogen-bond acceptors (Lipinski definition) is 3. The smallest absolute Gasteiger partial charge is 0.270 e. The molecule has 0 fully saturated rings. The zero-order chi connectivity index (χ0) is 19.5. The summed E-state index contributed by atoms with van der Waals surface area (Å²) in [5, 5.41) is 3.16. The number of halogens is 1. The number of aryl methyl sites for hydroxylation is 2. The number of aromatic nitrogens is 1. The van der Waals surface area contributed by atoms with E-state index in [1.165, 1.54) is 23.4 Å². The van der Waals surface area contributed by atoms with Gasteiger partial charge in [0.25, 0.3) is 5.91 Å². The van der Waals surface area contributed by atoms with E-state index in [0.717, 1.165) is 35.3 Å². The number of benzene rings is 2. The van der Waals surface area contributed by atoms with Gasteiger partial charge in [-0.2, -0.15) is 0 Å². The van der Waals surface area contributed by atoms with Gasteiger partial charge in [0, 0.05) is 16.0 Å². The largest absolute Gasteiger partial charge is 0.344 e. The van der Waals surface area contributed by atoms with E-state index in [1.54, 1.807) is 18.3 Å². The Balaban J connectivity index is 1.66. The average molecular weight is 392 g/mol. The molecular formula is C23H21FN2OS. The molecular weight excluding hydrogens is 371 g/mol. The molecule has 142 valence electrons. The molecule has 1 aliphatic carbocycles. The predicted octanol–water partition coefficient (Wildman–Crippen LogP) is 5.49. The number of carbonyl (C=O) groups is 1. The highest BCUT2D eigenvalue weighted by atomic mass is 32.2. The van der Waals surface area contributed by atoms with Crippen molar-refractivity contribution in [2.75, 3.05) is 0 Å². The standard InChI is InChI=1S/C23H21FN2OS/c1-15-7-6-14-25-22(15)23(27)26-18-11-4-8-16-9-5-13-20(21(16)18)28-19-12-3-2-10-17(19)24/h2-3,5-7,9-10,12-14,18H,4,8,11H2,1H3,(H,26,27). The average Bonchev–Trinajstić information content (AvgIpc) is 2.70. The summed E-state index contributed by atoms with van der Waals surface area (Å²) in [6.45, 7) is 1.89. The van der Waals surface area contributed by atoms with Crippen LogP contribution in [0.3, 0.4) is 0 Å². The quantitative estimate of drug-likeness (QED) is 0.639. The Labute approximate surface area is 168 Å². The minimum absolute atomic E-state index is 0.104. The van der Waals surface area contributed by atoms with Crippen molar-refractivity contribution in [2.45, 2.75) is 42.0 Å². The summed E-state index contributed by atoms with van der Waals surface area (Å²) >= 11 is 1.42. The zero-order valence-electron chi connectivity index (χ0n) is 15.6. The van der Waals surface area contributed by atoms with Gasteiger partial charge in [-0.15, -0.1) is 0 Å². The molecule has 1 N–H and O–H groups in total. The van der Waals surface area contributed by atoms with Crippen LogP contribution in [0.1, 0.15) is 46.1 Å². The number of nitrogens with zero attached hydrogens (tertiary/aromatic N) is 1. The Morgan fingerprint density at radius 3 is 2.75 bits per heavy atom. The maximum absolute atomic E-state index is 14.2. The van der Waals surface area contributed by atoms with Crippen LogP contribution < -0.4 is 5.32 Å². The molecule has 4 rings (SSSR count). The second kappa shape index (κ2) is 8.15. The highest BCUT2D eigenvalue weighted by Crippen LogP contribution is 2.40. The van der Waals surface area contributed by atoms with Gasteiger partial charge in [-0.25, -0.2) is 4.39 Å². The lowest BCUT2D eigenvalue weighted by Crippen LogP contribution is -2.32. The number of amides is 1. The molecule has 1 aromatic heterocycles. The summed E-state index contributed by atoms with van der Waals surface area (Å²) in [6, 6.07) is 16.5. The molecule has 0 saturated carbocycles. The molecule has 5 heteroatoms. The summed E-state index contributed by atoms with van der Waals surface area (Å²) in [5.74, 6) is -0.396. The molecule has 0 saturated heterocycles. The normalized spacial score (nSPS) is 15.7. The number of hydrogen-bond donors (Lipinski definition) is 1. The van der Waals surface area contributed by atoms with Crippen LogP contribution in [0, 0.1) is 12.7 Å². The van der Waals surface area contributed by atoms with Crippen LogP contribution >= 0.6 is 11.8 Å². The third kappa shape index (κ3) is 3.80. The third-order valence-electron chi connectivity index (χ3n) is 5.03. The van der Waals surface area contributed by atoms with Crippen LogP contribution in [0.15, 0.2) is 70.6 Å². The summed E-state index contributed by atoms with van der Waals surface area (Å²) in [5.41, 5.74) is 3.62. The Morgan fingerprint density at radius 1 is 1.11 bits per heavy atom. The predicted molar refractivity (Wildman–Crippen MR) is 109 cm³/mol. The van der Waals surface area contributed by atoms with Crippen LogP contribution in [0.25, 0.3) is 0 Å². The molecule has 2 aromatic carbocycles. The van der Waals surface area contributed by atoms with Crippen LogP contribution in [0.5, 0.6) is 0 Å².